The monoisotopic (exact) mass is 1060 g/mol. The number of aliphatic hydroxyl groups is 13. The van der Waals surface area contributed by atoms with E-state index in [1.54, 1.807) is 0 Å². The van der Waals surface area contributed by atoms with Crippen molar-refractivity contribution in [2.45, 2.75) is 130 Å². The zero-order valence-electron chi connectivity index (χ0n) is 39.2. The van der Waals surface area contributed by atoms with Gasteiger partial charge in [-0.3, -0.25) is 4.79 Å². The lowest BCUT2D eigenvalue weighted by molar-refractivity contribution is -0.355. The first-order valence-electron chi connectivity index (χ1n) is 23.2. The van der Waals surface area contributed by atoms with Gasteiger partial charge in [0.1, 0.15) is 132 Å². The predicted octanol–water partition coefficient (Wildman–Crippen LogP) is -4.43. The van der Waals surface area contributed by atoms with E-state index in [1.165, 1.54) is 61.5 Å². The average molecular weight is 1060 g/mol. The molecule has 1 aromatic heterocycles. The molecular weight excluding hydrogens is 1010 g/mol. The quantitative estimate of drug-likeness (QED) is 0.0418. The molecule has 0 unspecified atom stereocenters. The summed E-state index contributed by atoms with van der Waals surface area (Å²) in [6, 6.07) is 11.4. The topological polar surface area (TPSA) is 445 Å². The van der Waals surface area contributed by atoms with Gasteiger partial charge in [0.25, 0.3) is 0 Å². The van der Waals surface area contributed by atoms with Crippen LogP contribution in [0, 0.1) is 0 Å². The van der Waals surface area contributed by atoms with E-state index < -0.39 is 193 Å². The van der Waals surface area contributed by atoms with Crippen LogP contribution in [0.3, 0.4) is 0 Å². The van der Waals surface area contributed by atoms with E-state index >= 15 is 4.79 Å². The molecule has 0 radical (unpaired) electrons. The molecule has 0 spiro atoms. The van der Waals surface area contributed by atoms with E-state index in [1.807, 2.05) is 0 Å². The first-order valence-corrected chi connectivity index (χ1v) is 23.2. The van der Waals surface area contributed by atoms with E-state index in [4.69, 9.17) is 42.3 Å². The third kappa shape index (κ3) is 11.1. The Labute approximate surface area is 422 Å². The van der Waals surface area contributed by atoms with Crippen LogP contribution in [0.5, 0.6) is 28.7 Å². The van der Waals surface area contributed by atoms with Gasteiger partial charge in [-0.05, 0) is 55.0 Å². The van der Waals surface area contributed by atoms with Crippen molar-refractivity contribution in [1.29, 1.82) is 0 Å². The summed E-state index contributed by atoms with van der Waals surface area (Å²) in [6.45, 7) is -1.36. The van der Waals surface area contributed by atoms with E-state index in [9.17, 15) is 86.5 Å². The molecule has 0 amide bonds. The van der Waals surface area contributed by atoms with Gasteiger partial charge in [-0.25, -0.2) is 4.79 Å². The number of aliphatic hydroxyl groups excluding tert-OH is 13. The Morgan fingerprint density at radius 1 is 0.613 bits per heavy atom. The number of fused-ring (bicyclic) bond motifs is 1. The average Bonchev–Trinajstić information content (AvgIpc) is 3.39. The second kappa shape index (κ2) is 22.9. The van der Waals surface area contributed by atoms with Crippen LogP contribution >= 0.6 is 0 Å². The molecule has 0 saturated carbocycles. The predicted molar refractivity (Wildman–Crippen MR) is 245 cm³/mol. The van der Waals surface area contributed by atoms with Crippen LogP contribution in [-0.2, 0) is 33.2 Å². The molecule has 5 heterocycles. The highest BCUT2D eigenvalue weighted by Crippen LogP contribution is 2.47. The number of esters is 1. The number of ether oxygens (including phenoxy) is 8. The minimum absolute atomic E-state index is 0.0247. The van der Waals surface area contributed by atoms with Crippen LogP contribution in [0.25, 0.3) is 28.4 Å². The fraction of sp³-hybridized carbons (Fsp3) is 0.500. The van der Waals surface area contributed by atoms with Gasteiger partial charge in [0, 0.05) is 17.7 Å². The fourth-order valence-corrected chi connectivity index (χ4v) is 8.86. The molecule has 0 bridgehead atoms. The van der Waals surface area contributed by atoms with E-state index in [0.717, 1.165) is 12.1 Å². The fourth-order valence-electron chi connectivity index (χ4n) is 8.86. The van der Waals surface area contributed by atoms with E-state index in [2.05, 4.69) is 0 Å². The normalized spacial score (nSPS) is 36.3. The molecule has 3 aromatic carbocycles. The SMILES string of the molecule is C[C@H]1O[C@H](Oc2c(-c3ccc(O)cc3)oc3cc(O[C@@H]4O[C@H](COC(=O)C=Cc5ccc(O)cc5)[C@@H](O)[C@H](O)[C@H]4O)c([C@@H]4O[C@H](CO)[C@@H](O)[C@H](O)[C@H]4O)c(O)c3c2=O)[C@@H](O[C@@H]2O[C@H](CO)[C@@H](O)[C@H](O)[C@H]2O)[C@@H](O)[C@@H]1O. The lowest BCUT2D eigenvalue weighted by atomic mass is 9.89. The molecule has 410 valence electrons. The summed E-state index contributed by atoms with van der Waals surface area (Å²) in [6.07, 6.45) is -36.0. The highest BCUT2D eigenvalue weighted by atomic mass is 16.8. The van der Waals surface area contributed by atoms with Gasteiger partial charge >= 0.3 is 5.97 Å². The minimum atomic E-state index is -2.22. The third-order valence-corrected chi connectivity index (χ3v) is 13.2. The Kier molecular flexibility index (Phi) is 17.0. The van der Waals surface area contributed by atoms with Gasteiger partial charge in [-0.15, -0.1) is 0 Å². The molecule has 4 aromatic rings. The van der Waals surface area contributed by atoms with Gasteiger partial charge in [-0.1, -0.05) is 12.1 Å². The number of aromatic hydroxyl groups is 3. The molecule has 27 heteroatoms. The van der Waals surface area contributed by atoms with Crippen molar-refractivity contribution < 1.29 is 129 Å². The number of phenols is 3. The molecule has 4 fully saturated rings. The van der Waals surface area contributed by atoms with Crippen LogP contribution < -0.4 is 14.9 Å². The van der Waals surface area contributed by atoms with Gasteiger partial charge < -0.3 is 124 Å². The highest BCUT2D eigenvalue weighted by Gasteiger charge is 2.52. The Balaban J connectivity index is 1.22. The molecule has 4 aliphatic rings. The summed E-state index contributed by atoms with van der Waals surface area (Å²) in [4.78, 5) is 27.8. The summed E-state index contributed by atoms with van der Waals surface area (Å²) in [5, 5.41) is 171. The molecule has 75 heavy (non-hydrogen) atoms. The third-order valence-electron chi connectivity index (χ3n) is 13.2. The summed E-state index contributed by atoms with van der Waals surface area (Å²) >= 11 is 0. The van der Waals surface area contributed by atoms with Crippen LogP contribution in [0.2, 0.25) is 0 Å². The van der Waals surface area contributed by atoms with Crippen molar-refractivity contribution in [3.05, 3.63) is 82.0 Å². The first-order chi connectivity index (χ1) is 35.6. The van der Waals surface area contributed by atoms with Crippen molar-refractivity contribution in [2.24, 2.45) is 0 Å². The van der Waals surface area contributed by atoms with Crippen LogP contribution in [0.1, 0.15) is 24.2 Å². The number of rotatable bonds is 14. The van der Waals surface area contributed by atoms with E-state index in [0.29, 0.717) is 5.56 Å². The van der Waals surface area contributed by atoms with Crippen molar-refractivity contribution >= 4 is 23.0 Å². The molecule has 27 nitrogen and oxygen atoms in total. The second-order valence-corrected chi connectivity index (χ2v) is 18.2. The standard InChI is InChI=1S/C48H56O27/c1-16-29(54)38(63)45(75-47-41(66)36(61)31(56)24(14-50)72-47)48(68-16)74-44-34(59)27-21(69-42(44)18-5-9-20(52)10-6-18)12-22(28(33(27)58)43-39(64)35(60)30(55)23(13-49)70-43)71-46-40(65)37(62)32(57)25(73-46)15-67-26(53)11-4-17-2-7-19(51)8-3-17/h2-12,16,23-25,29-32,35-41,43,45-52,54-58,60-66H,13-15H2,1H3/t16-,23-,24-,25-,29-,30-,31-,32-,35+,36+,37+,38+,39-,40-,41-,43+,45+,46-,47+,48-/m1/s1. The van der Waals surface area contributed by atoms with Crippen LogP contribution in [-0.4, -0.2) is 224 Å². The smallest absolute Gasteiger partial charge is 0.330 e. The Bertz CT molecular complexity index is 2700. The minimum Gasteiger partial charge on any atom is -0.508 e. The summed E-state index contributed by atoms with van der Waals surface area (Å²) in [7, 11) is 0. The Hall–Kier alpha value is -5.64. The van der Waals surface area contributed by atoms with Crippen LogP contribution in [0.4, 0.5) is 0 Å². The largest absolute Gasteiger partial charge is 0.508 e. The number of phenolic OH excluding ortho intramolecular Hbond substituents is 3. The maximum atomic E-state index is 15.1. The molecule has 20 atom stereocenters. The second-order valence-electron chi connectivity index (χ2n) is 18.2. The van der Waals surface area contributed by atoms with Crippen molar-refractivity contribution in [3.63, 3.8) is 0 Å². The number of carbonyl (C=O) groups is 1. The zero-order valence-corrected chi connectivity index (χ0v) is 39.2. The van der Waals surface area contributed by atoms with Gasteiger partial charge in [0.15, 0.2) is 18.2 Å². The lowest BCUT2D eigenvalue weighted by Crippen LogP contribution is -2.64. The van der Waals surface area contributed by atoms with Gasteiger partial charge in [0.2, 0.25) is 23.8 Å². The maximum absolute atomic E-state index is 15.1. The molecule has 4 saturated heterocycles. The van der Waals surface area contributed by atoms with Crippen molar-refractivity contribution in [3.8, 4) is 40.1 Å². The highest BCUT2D eigenvalue weighted by molar-refractivity contribution is 5.90. The molecule has 8 rings (SSSR count). The number of benzene rings is 3. The molecule has 0 aliphatic carbocycles. The number of carbonyl (C=O) groups excluding carboxylic acids is 1. The Morgan fingerprint density at radius 2 is 1.17 bits per heavy atom. The number of hydrogen-bond acceptors (Lipinski definition) is 27. The summed E-state index contributed by atoms with van der Waals surface area (Å²) in [5.74, 6) is -4.57. The van der Waals surface area contributed by atoms with E-state index in [-0.39, 0.29) is 17.1 Å². The lowest BCUT2D eigenvalue weighted by Gasteiger charge is -2.45. The van der Waals surface area contributed by atoms with Gasteiger partial charge in [0.05, 0.1) is 24.9 Å². The van der Waals surface area contributed by atoms with Gasteiger partial charge in [-0.2, -0.15) is 0 Å². The zero-order chi connectivity index (χ0) is 54.3. The molecule has 16 N–H and O–H groups in total. The van der Waals surface area contributed by atoms with Crippen molar-refractivity contribution in [1.82, 2.24) is 0 Å². The van der Waals surface area contributed by atoms with Crippen LogP contribution in [0.15, 0.2) is 69.9 Å². The van der Waals surface area contributed by atoms with Crippen molar-refractivity contribution in [2.75, 3.05) is 19.8 Å². The Morgan fingerprint density at radius 3 is 1.80 bits per heavy atom. The summed E-state index contributed by atoms with van der Waals surface area (Å²) < 4.78 is 52.2. The first kappa shape index (κ1) is 55.6. The molecular formula is C48H56O27. The number of hydrogen-bond donors (Lipinski definition) is 16. The summed E-state index contributed by atoms with van der Waals surface area (Å²) in [5.41, 5.74) is -2.24. The molecule has 4 aliphatic heterocycles. The maximum Gasteiger partial charge on any atom is 0.330 e.